The summed E-state index contributed by atoms with van der Waals surface area (Å²) in [6.07, 6.45) is -0.657. The van der Waals surface area contributed by atoms with Gasteiger partial charge < -0.3 is 15.0 Å². The number of hydrogen-bond donors (Lipinski definition) is 1. The molecule has 1 aromatic heterocycles. The molecule has 0 bridgehead atoms. The van der Waals surface area contributed by atoms with Crippen molar-refractivity contribution in [3.8, 4) is 0 Å². The molecule has 19 heavy (non-hydrogen) atoms. The predicted octanol–water partition coefficient (Wildman–Crippen LogP) is 0.884. The number of hydrogen-bond acceptors (Lipinski definition) is 5. The number of aromatic nitrogens is 1. The minimum Gasteiger partial charge on any atom is -0.443 e. The number of carbonyl (C=O) groups excluding carboxylic acids is 1. The minimum absolute atomic E-state index is 0.0176. The van der Waals surface area contributed by atoms with Gasteiger partial charge in [0.05, 0.1) is 16.8 Å². The third-order valence-electron chi connectivity index (χ3n) is 3.22. The van der Waals surface area contributed by atoms with E-state index in [-0.39, 0.29) is 11.0 Å². The Bertz CT molecular complexity index is 706. The summed E-state index contributed by atoms with van der Waals surface area (Å²) in [7, 11) is 1.73. The van der Waals surface area contributed by atoms with Crippen molar-refractivity contribution >= 4 is 33.3 Å². The summed E-state index contributed by atoms with van der Waals surface area (Å²) in [5, 5.41) is 0. The molecule has 2 heterocycles. The van der Waals surface area contributed by atoms with Crippen LogP contribution in [0, 0.1) is 0 Å². The van der Waals surface area contributed by atoms with Crippen LogP contribution in [-0.4, -0.2) is 29.9 Å². The number of benzene rings is 1. The van der Waals surface area contributed by atoms with Crippen LogP contribution in [0.1, 0.15) is 0 Å². The van der Waals surface area contributed by atoms with Gasteiger partial charge in [0.1, 0.15) is 6.10 Å². The fourth-order valence-electron chi connectivity index (χ4n) is 2.15. The number of nitrogens with two attached hydrogens (primary N) is 1. The van der Waals surface area contributed by atoms with Crippen molar-refractivity contribution in [1.29, 1.82) is 0 Å². The van der Waals surface area contributed by atoms with E-state index >= 15 is 0 Å². The second-order valence-electron chi connectivity index (χ2n) is 4.43. The van der Waals surface area contributed by atoms with E-state index in [4.69, 9.17) is 10.5 Å². The molecular weight excluding hydrogens is 266 g/mol. The zero-order valence-electron chi connectivity index (χ0n) is 10.3. The number of carbonyl (C=O) groups is 1. The maximum absolute atomic E-state index is 11.7. The van der Waals surface area contributed by atoms with Gasteiger partial charge in [0.2, 0.25) is 0 Å². The smallest absolute Gasteiger partial charge is 0.414 e. The largest absolute Gasteiger partial charge is 0.443 e. The highest BCUT2D eigenvalue weighted by Gasteiger charge is 2.31. The summed E-state index contributed by atoms with van der Waals surface area (Å²) in [6, 6.07) is 5.49. The lowest BCUT2D eigenvalue weighted by atomic mass is 10.2. The molecule has 2 aromatic rings. The molecule has 1 fully saturated rings. The molecule has 1 aromatic carbocycles. The number of anilines is 1. The van der Waals surface area contributed by atoms with Crippen molar-refractivity contribution < 1.29 is 9.53 Å². The van der Waals surface area contributed by atoms with E-state index in [2.05, 4.69) is 0 Å². The highest BCUT2D eigenvalue weighted by Crippen LogP contribution is 2.26. The van der Waals surface area contributed by atoms with E-state index in [0.29, 0.717) is 13.1 Å². The first-order valence-corrected chi connectivity index (χ1v) is 6.69. The lowest BCUT2D eigenvalue weighted by molar-refractivity contribution is 0.145. The lowest BCUT2D eigenvalue weighted by Crippen LogP contribution is -2.27. The molecule has 2 N–H and O–H groups in total. The average Bonchev–Trinajstić information content (AvgIpc) is 2.91. The van der Waals surface area contributed by atoms with Crippen LogP contribution in [0.2, 0.25) is 0 Å². The van der Waals surface area contributed by atoms with Gasteiger partial charge in [-0.3, -0.25) is 9.69 Å². The molecule has 1 saturated heterocycles. The summed E-state index contributed by atoms with van der Waals surface area (Å²) in [4.78, 5) is 24.9. The number of thiazole rings is 1. The highest BCUT2D eigenvalue weighted by atomic mass is 32.1. The number of cyclic esters (lactones) is 1. The Labute approximate surface area is 113 Å². The van der Waals surface area contributed by atoms with Crippen LogP contribution >= 0.6 is 11.3 Å². The summed E-state index contributed by atoms with van der Waals surface area (Å²) in [6.45, 7) is 0.756. The number of ether oxygens (including phenoxy) is 1. The molecule has 1 atom stereocenters. The standard InChI is InChI=1S/C12H13N3O3S/c1-14-9-3-2-7(4-10(9)19-12(14)17)15-6-8(5-13)18-11(15)16/h2-4,8H,5-6,13H2,1H3/t8-/m1/s1. The van der Waals surface area contributed by atoms with Crippen molar-refractivity contribution in [3.05, 3.63) is 27.9 Å². The maximum atomic E-state index is 11.7. The zero-order chi connectivity index (χ0) is 13.6. The van der Waals surface area contributed by atoms with E-state index in [1.54, 1.807) is 16.5 Å². The summed E-state index contributed by atoms with van der Waals surface area (Å²) >= 11 is 1.16. The summed E-state index contributed by atoms with van der Waals surface area (Å²) in [5.41, 5.74) is 7.10. The second-order valence-corrected chi connectivity index (χ2v) is 5.42. The third-order valence-corrected chi connectivity index (χ3v) is 4.22. The number of nitrogens with zero attached hydrogens (tertiary/aromatic N) is 2. The summed E-state index contributed by atoms with van der Waals surface area (Å²) < 4.78 is 7.56. The van der Waals surface area contributed by atoms with Gasteiger partial charge >= 0.3 is 11.0 Å². The van der Waals surface area contributed by atoms with E-state index in [1.165, 1.54) is 0 Å². The van der Waals surface area contributed by atoms with E-state index < -0.39 is 6.09 Å². The highest BCUT2D eigenvalue weighted by molar-refractivity contribution is 7.16. The van der Waals surface area contributed by atoms with Gasteiger partial charge in [-0.2, -0.15) is 0 Å². The van der Waals surface area contributed by atoms with Gasteiger partial charge in [-0.25, -0.2) is 4.79 Å². The van der Waals surface area contributed by atoms with Crippen LogP contribution in [-0.2, 0) is 11.8 Å². The first-order valence-electron chi connectivity index (χ1n) is 5.88. The van der Waals surface area contributed by atoms with E-state index in [9.17, 15) is 9.59 Å². The van der Waals surface area contributed by atoms with Gasteiger partial charge in [0.15, 0.2) is 0 Å². The van der Waals surface area contributed by atoms with Crippen LogP contribution < -0.4 is 15.5 Å². The van der Waals surface area contributed by atoms with Crippen molar-refractivity contribution in [3.63, 3.8) is 0 Å². The van der Waals surface area contributed by atoms with Gasteiger partial charge in [-0.05, 0) is 18.2 Å². The topological polar surface area (TPSA) is 77.6 Å². The fraction of sp³-hybridized carbons (Fsp3) is 0.333. The molecule has 0 aliphatic carbocycles. The average molecular weight is 279 g/mol. The molecule has 0 radical (unpaired) electrons. The van der Waals surface area contributed by atoms with E-state index in [1.807, 2.05) is 18.2 Å². The first-order chi connectivity index (χ1) is 9.10. The SMILES string of the molecule is Cn1c(=O)sc2cc(N3C[C@@H](CN)OC3=O)ccc21. The molecule has 0 saturated carbocycles. The number of rotatable bonds is 2. The molecule has 3 rings (SSSR count). The van der Waals surface area contributed by atoms with Gasteiger partial charge in [0.25, 0.3) is 0 Å². The molecule has 1 aliphatic rings. The first kappa shape index (κ1) is 12.2. The lowest BCUT2D eigenvalue weighted by Gasteiger charge is -2.12. The fourth-order valence-corrected chi connectivity index (χ4v) is 3.06. The number of fused-ring (bicyclic) bond motifs is 1. The van der Waals surface area contributed by atoms with Crippen molar-refractivity contribution in [2.75, 3.05) is 18.0 Å². The predicted molar refractivity (Wildman–Crippen MR) is 73.7 cm³/mol. The quantitative estimate of drug-likeness (QED) is 0.885. The molecule has 7 heteroatoms. The minimum atomic E-state index is -0.391. The third kappa shape index (κ3) is 1.91. The van der Waals surface area contributed by atoms with Crippen LogP contribution in [0.5, 0.6) is 0 Å². The molecular formula is C12H13N3O3S. The Morgan fingerprint density at radius 3 is 2.95 bits per heavy atom. The Morgan fingerprint density at radius 2 is 2.26 bits per heavy atom. The Hall–Kier alpha value is -1.86. The van der Waals surface area contributed by atoms with Crippen molar-refractivity contribution in [1.82, 2.24) is 4.57 Å². The van der Waals surface area contributed by atoms with Gasteiger partial charge in [-0.15, -0.1) is 0 Å². The van der Waals surface area contributed by atoms with Gasteiger partial charge in [-0.1, -0.05) is 11.3 Å². The Kier molecular flexibility index (Phi) is 2.79. The monoisotopic (exact) mass is 279 g/mol. The molecule has 0 unspecified atom stereocenters. The van der Waals surface area contributed by atoms with Crippen LogP contribution in [0.4, 0.5) is 10.5 Å². The molecule has 6 nitrogen and oxygen atoms in total. The van der Waals surface area contributed by atoms with E-state index in [0.717, 1.165) is 27.2 Å². The maximum Gasteiger partial charge on any atom is 0.414 e. The Balaban J connectivity index is 2.02. The molecule has 1 amide bonds. The zero-order valence-corrected chi connectivity index (χ0v) is 11.1. The number of amides is 1. The number of aryl methyl sites for hydroxylation is 1. The Morgan fingerprint density at radius 1 is 1.47 bits per heavy atom. The van der Waals surface area contributed by atoms with Crippen LogP contribution in [0.15, 0.2) is 23.0 Å². The van der Waals surface area contributed by atoms with Crippen LogP contribution in [0.3, 0.4) is 0 Å². The molecule has 0 spiro atoms. The normalized spacial score (nSPS) is 19.2. The molecule has 1 aliphatic heterocycles. The van der Waals surface area contributed by atoms with Crippen LogP contribution in [0.25, 0.3) is 10.2 Å². The molecule has 100 valence electrons. The van der Waals surface area contributed by atoms with Crippen molar-refractivity contribution in [2.24, 2.45) is 12.8 Å². The van der Waals surface area contributed by atoms with Crippen molar-refractivity contribution in [2.45, 2.75) is 6.10 Å². The summed E-state index contributed by atoms with van der Waals surface area (Å²) in [5.74, 6) is 0. The van der Waals surface area contributed by atoms with Gasteiger partial charge in [0, 0.05) is 19.3 Å². The second kappa shape index (κ2) is 4.36.